The second-order valence-electron chi connectivity index (χ2n) is 6.32. The Labute approximate surface area is 164 Å². The van der Waals surface area contributed by atoms with Crippen molar-refractivity contribution < 1.29 is 13.2 Å². The van der Waals surface area contributed by atoms with Gasteiger partial charge in [0.2, 0.25) is 5.95 Å². The molecule has 29 heavy (non-hydrogen) atoms. The maximum atomic E-state index is 12.8. The minimum Gasteiger partial charge on any atom is -0.366 e. The first kappa shape index (κ1) is 18.7. The van der Waals surface area contributed by atoms with Crippen LogP contribution in [0.1, 0.15) is 11.1 Å². The van der Waals surface area contributed by atoms with Gasteiger partial charge in [-0.25, -0.2) is 9.97 Å². The van der Waals surface area contributed by atoms with E-state index in [0.717, 1.165) is 22.9 Å². The fourth-order valence-electron chi connectivity index (χ4n) is 2.89. The molecular weight excluding hydrogens is 379 g/mol. The van der Waals surface area contributed by atoms with Gasteiger partial charge in [-0.05, 0) is 35.2 Å². The Balaban J connectivity index is 1.49. The molecule has 146 valence electrons. The normalized spacial score (nSPS) is 11.4. The lowest BCUT2D eigenvalue weighted by Crippen LogP contribution is -2.08. The lowest BCUT2D eigenvalue weighted by atomic mass is 10.1. The zero-order valence-electron chi connectivity index (χ0n) is 15.1. The van der Waals surface area contributed by atoms with Crippen molar-refractivity contribution in [3.63, 3.8) is 0 Å². The molecule has 0 aliphatic carbocycles. The van der Waals surface area contributed by atoms with E-state index in [9.17, 15) is 13.2 Å². The van der Waals surface area contributed by atoms with Gasteiger partial charge in [0.05, 0.1) is 5.56 Å². The number of hydrogen-bond donors (Lipinski definition) is 2. The van der Waals surface area contributed by atoms with Gasteiger partial charge in [0.15, 0.2) is 0 Å². The van der Waals surface area contributed by atoms with E-state index in [1.54, 1.807) is 24.5 Å². The third-order valence-corrected chi connectivity index (χ3v) is 4.29. The van der Waals surface area contributed by atoms with E-state index in [1.165, 1.54) is 6.07 Å². The first-order valence-electron chi connectivity index (χ1n) is 8.83. The molecule has 0 fully saturated rings. The number of fused-ring (bicyclic) bond motifs is 1. The van der Waals surface area contributed by atoms with Crippen LogP contribution in [0.2, 0.25) is 0 Å². The van der Waals surface area contributed by atoms with Crippen LogP contribution in [-0.4, -0.2) is 15.0 Å². The molecule has 0 aliphatic heterocycles. The van der Waals surface area contributed by atoms with Gasteiger partial charge in [-0.15, -0.1) is 0 Å². The van der Waals surface area contributed by atoms with Gasteiger partial charge < -0.3 is 10.6 Å². The number of nitrogens with zero attached hydrogens (tertiary/aromatic N) is 3. The molecule has 0 spiro atoms. The Morgan fingerprint density at radius 3 is 2.55 bits per heavy atom. The molecule has 0 bridgehead atoms. The van der Waals surface area contributed by atoms with E-state index >= 15 is 0 Å². The number of benzene rings is 2. The molecule has 0 saturated carbocycles. The number of rotatable bonds is 5. The molecule has 0 amide bonds. The second-order valence-corrected chi connectivity index (χ2v) is 6.32. The van der Waals surface area contributed by atoms with E-state index in [0.29, 0.717) is 23.1 Å². The Morgan fingerprint density at radius 1 is 0.862 bits per heavy atom. The predicted octanol–water partition coefficient (Wildman–Crippen LogP) is 5.40. The summed E-state index contributed by atoms with van der Waals surface area (Å²) in [7, 11) is 0. The molecule has 4 rings (SSSR count). The highest BCUT2D eigenvalue weighted by atomic mass is 19.4. The first-order valence-corrected chi connectivity index (χ1v) is 8.83. The number of alkyl halides is 3. The number of halogens is 3. The number of anilines is 3. The number of aromatic nitrogens is 3. The Kier molecular flexibility index (Phi) is 4.99. The monoisotopic (exact) mass is 395 g/mol. The van der Waals surface area contributed by atoms with Gasteiger partial charge >= 0.3 is 6.18 Å². The molecular formula is C21H16F3N5. The summed E-state index contributed by atoms with van der Waals surface area (Å²) in [6, 6.07) is 16.5. The highest BCUT2D eigenvalue weighted by molar-refractivity contribution is 5.92. The van der Waals surface area contributed by atoms with Gasteiger partial charge in [-0.2, -0.15) is 18.2 Å². The van der Waals surface area contributed by atoms with Crippen LogP contribution in [0.15, 0.2) is 73.1 Å². The smallest absolute Gasteiger partial charge is 0.366 e. The number of hydrogen-bond acceptors (Lipinski definition) is 5. The van der Waals surface area contributed by atoms with Crippen molar-refractivity contribution in [2.75, 3.05) is 10.6 Å². The Bertz CT molecular complexity index is 1140. The Hall–Kier alpha value is -3.68. The van der Waals surface area contributed by atoms with Crippen LogP contribution in [0.5, 0.6) is 0 Å². The topological polar surface area (TPSA) is 62.7 Å². The van der Waals surface area contributed by atoms with E-state index in [-0.39, 0.29) is 6.54 Å². The molecule has 4 aromatic rings. The summed E-state index contributed by atoms with van der Waals surface area (Å²) in [4.78, 5) is 12.9. The van der Waals surface area contributed by atoms with Crippen LogP contribution in [0.4, 0.5) is 30.8 Å². The molecule has 0 atom stereocenters. The lowest BCUT2D eigenvalue weighted by Gasteiger charge is -2.11. The molecule has 5 nitrogen and oxygen atoms in total. The fraction of sp³-hybridized carbons (Fsp3) is 0.0952. The maximum Gasteiger partial charge on any atom is 0.416 e. The van der Waals surface area contributed by atoms with Crippen LogP contribution in [0, 0.1) is 0 Å². The average molecular weight is 395 g/mol. The van der Waals surface area contributed by atoms with Crippen molar-refractivity contribution in [3.8, 4) is 0 Å². The minimum absolute atomic E-state index is 0.201. The van der Waals surface area contributed by atoms with E-state index in [1.807, 2.05) is 30.3 Å². The van der Waals surface area contributed by atoms with Crippen molar-refractivity contribution >= 4 is 28.4 Å². The largest absolute Gasteiger partial charge is 0.416 e. The van der Waals surface area contributed by atoms with Crippen molar-refractivity contribution in [2.24, 2.45) is 0 Å². The molecule has 0 aliphatic rings. The standard InChI is InChI=1S/C21H16F3N5/c22-21(23,24)16-6-3-4-14(12-16)13-27-18-9-11-26-20(28-18)29-19-17-7-2-1-5-15(17)8-10-25-19/h1-12H,13H2,(H2,25,26,27,28,29). The maximum absolute atomic E-state index is 12.8. The summed E-state index contributed by atoms with van der Waals surface area (Å²) >= 11 is 0. The van der Waals surface area contributed by atoms with Crippen molar-refractivity contribution in [1.29, 1.82) is 0 Å². The zero-order chi connectivity index (χ0) is 20.3. The van der Waals surface area contributed by atoms with E-state index in [4.69, 9.17) is 0 Å². The molecule has 2 heterocycles. The second kappa shape index (κ2) is 7.75. The summed E-state index contributed by atoms with van der Waals surface area (Å²) in [5, 5.41) is 8.08. The third kappa shape index (κ3) is 4.43. The molecule has 2 aromatic heterocycles. The zero-order valence-corrected chi connectivity index (χ0v) is 15.1. The van der Waals surface area contributed by atoms with Crippen LogP contribution in [0.25, 0.3) is 10.8 Å². The van der Waals surface area contributed by atoms with E-state index in [2.05, 4.69) is 25.6 Å². The van der Waals surface area contributed by atoms with Crippen LogP contribution in [-0.2, 0) is 12.7 Å². The van der Waals surface area contributed by atoms with Crippen LogP contribution >= 0.6 is 0 Å². The number of nitrogens with one attached hydrogen (secondary N) is 2. The summed E-state index contributed by atoms with van der Waals surface area (Å²) in [6.07, 6.45) is -1.11. The van der Waals surface area contributed by atoms with Crippen LogP contribution in [0.3, 0.4) is 0 Å². The minimum atomic E-state index is -4.37. The van der Waals surface area contributed by atoms with E-state index < -0.39 is 11.7 Å². The van der Waals surface area contributed by atoms with Gasteiger partial charge in [-0.1, -0.05) is 36.4 Å². The van der Waals surface area contributed by atoms with Crippen LogP contribution < -0.4 is 10.6 Å². The average Bonchev–Trinajstić information content (AvgIpc) is 2.72. The summed E-state index contributed by atoms with van der Waals surface area (Å²) in [5.41, 5.74) is -0.174. The molecule has 2 N–H and O–H groups in total. The highest BCUT2D eigenvalue weighted by Gasteiger charge is 2.30. The summed E-state index contributed by atoms with van der Waals surface area (Å²) in [6.45, 7) is 0.201. The van der Waals surface area contributed by atoms with Crippen molar-refractivity contribution in [1.82, 2.24) is 15.0 Å². The van der Waals surface area contributed by atoms with Gasteiger partial charge in [0.25, 0.3) is 0 Å². The fourth-order valence-corrected chi connectivity index (χ4v) is 2.89. The third-order valence-electron chi connectivity index (χ3n) is 4.29. The van der Waals surface area contributed by atoms with Crippen molar-refractivity contribution in [3.05, 3.63) is 84.2 Å². The molecule has 8 heteroatoms. The highest BCUT2D eigenvalue weighted by Crippen LogP contribution is 2.29. The Morgan fingerprint density at radius 2 is 1.69 bits per heavy atom. The molecule has 0 radical (unpaired) electrons. The van der Waals surface area contributed by atoms with Gasteiger partial charge in [0.1, 0.15) is 11.6 Å². The first-order chi connectivity index (χ1) is 14.0. The number of pyridine rings is 1. The molecule has 2 aromatic carbocycles. The quantitative estimate of drug-likeness (QED) is 0.474. The molecule has 0 unspecified atom stereocenters. The van der Waals surface area contributed by atoms with Crippen molar-refractivity contribution in [2.45, 2.75) is 12.7 Å². The summed E-state index contributed by atoms with van der Waals surface area (Å²) in [5.74, 6) is 1.45. The SMILES string of the molecule is FC(F)(F)c1cccc(CNc2ccnc(Nc3nccc4ccccc34)n2)c1. The molecule has 0 saturated heterocycles. The lowest BCUT2D eigenvalue weighted by molar-refractivity contribution is -0.137. The van der Waals surface area contributed by atoms with Gasteiger partial charge in [0, 0.05) is 24.3 Å². The predicted molar refractivity (Wildman–Crippen MR) is 106 cm³/mol. The van der Waals surface area contributed by atoms with Gasteiger partial charge in [-0.3, -0.25) is 0 Å². The summed E-state index contributed by atoms with van der Waals surface area (Å²) < 4.78 is 38.5.